The summed E-state index contributed by atoms with van der Waals surface area (Å²) in [6.45, 7) is 6.50. The lowest BCUT2D eigenvalue weighted by Gasteiger charge is -2.10. The summed E-state index contributed by atoms with van der Waals surface area (Å²) in [5, 5.41) is 17.1. The van der Waals surface area contributed by atoms with Crippen LogP contribution >= 0.6 is 34.5 Å². The van der Waals surface area contributed by atoms with E-state index < -0.39 is 0 Å². The van der Waals surface area contributed by atoms with Crippen LogP contribution in [0.25, 0.3) is 27.6 Å². The van der Waals surface area contributed by atoms with Gasteiger partial charge in [-0.05, 0) is 37.6 Å². The van der Waals surface area contributed by atoms with Crippen molar-refractivity contribution in [2.24, 2.45) is 0 Å². The van der Waals surface area contributed by atoms with E-state index in [0.29, 0.717) is 16.0 Å². The summed E-state index contributed by atoms with van der Waals surface area (Å²) in [7, 11) is 0. The van der Waals surface area contributed by atoms with Crippen molar-refractivity contribution >= 4 is 34.5 Å². The largest absolute Gasteiger partial charge is 0.231 e. The van der Waals surface area contributed by atoms with Crippen LogP contribution in [0, 0.1) is 6.92 Å². The van der Waals surface area contributed by atoms with Gasteiger partial charge in [0.2, 0.25) is 0 Å². The number of para-hydroxylation sites is 1. The number of halogens is 2. The molecule has 2 heterocycles. The predicted octanol–water partition coefficient (Wildman–Crippen LogP) is 7.97. The zero-order valence-corrected chi connectivity index (χ0v) is 20.1. The minimum atomic E-state index is 0.396. The molecule has 0 aliphatic carbocycles. The quantitative estimate of drug-likeness (QED) is 0.275. The van der Waals surface area contributed by atoms with Crippen LogP contribution in [-0.2, 0) is 0 Å². The van der Waals surface area contributed by atoms with E-state index >= 15 is 0 Å². The summed E-state index contributed by atoms with van der Waals surface area (Å²) in [5.41, 5.74) is 4.67. The first-order valence-electron chi connectivity index (χ1n) is 10.4. The maximum absolute atomic E-state index is 6.54. The molecule has 160 valence electrons. The molecule has 0 spiro atoms. The molecule has 31 heavy (non-hydrogen) atoms. The third kappa shape index (κ3) is 4.54. The van der Waals surface area contributed by atoms with Crippen LogP contribution in [0.3, 0.4) is 0 Å². The van der Waals surface area contributed by atoms with Gasteiger partial charge in [-0.3, -0.25) is 0 Å². The van der Waals surface area contributed by atoms with Crippen molar-refractivity contribution in [2.45, 2.75) is 46.0 Å². The Hall–Kier alpha value is -2.21. The summed E-state index contributed by atoms with van der Waals surface area (Å²) in [6.07, 6.45) is 3.49. The number of aromatic nitrogens is 4. The molecule has 0 N–H and O–H groups in total. The van der Waals surface area contributed by atoms with Crippen molar-refractivity contribution in [2.75, 3.05) is 0 Å². The minimum Gasteiger partial charge on any atom is -0.231 e. The van der Waals surface area contributed by atoms with Crippen LogP contribution in [0.4, 0.5) is 0 Å². The Kier molecular flexibility index (Phi) is 6.75. The van der Waals surface area contributed by atoms with Gasteiger partial charge in [0, 0.05) is 22.1 Å². The molecule has 0 saturated heterocycles. The fourth-order valence-electron chi connectivity index (χ4n) is 3.61. The van der Waals surface area contributed by atoms with Gasteiger partial charge in [-0.25, -0.2) is 4.68 Å². The van der Waals surface area contributed by atoms with Crippen LogP contribution in [0.2, 0.25) is 10.0 Å². The number of hydrogen-bond donors (Lipinski definition) is 0. The molecule has 1 atom stereocenters. The van der Waals surface area contributed by atoms with Gasteiger partial charge in [-0.2, -0.15) is 5.10 Å². The molecule has 7 heteroatoms. The maximum atomic E-state index is 6.54. The standard InChI is InChI=1S/C24H24Cl2N4S/c1-4-5-8-15(2)23-27-28-24(31-23)21-16(3)22(17-11-13-18(25)14-12-17)30(29-21)20-10-7-6-9-19(20)26/h6-7,9-15H,4-5,8H2,1-3H3. The summed E-state index contributed by atoms with van der Waals surface area (Å²) < 4.78 is 1.90. The molecule has 0 fully saturated rings. The number of nitrogens with zero attached hydrogens (tertiary/aromatic N) is 4. The zero-order chi connectivity index (χ0) is 22.0. The van der Waals surface area contributed by atoms with Gasteiger partial charge in [0.1, 0.15) is 10.7 Å². The SMILES string of the molecule is CCCCC(C)c1nnc(-c2nn(-c3ccccc3Cl)c(-c3ccc(Cl)cc3)c2C)s1. The molecular weight excluding hydrogens is 447 g/mol. The normalized spacial score (nSPS) is 12.3. The second-order valence-corrected chi connectivity index (χ2v) is 9.53. The van der Waals surface area contributed by atoms with Gasteiger partial charge in [0.25, 0.3) is 0 Å². The predicted molar refractivity (Wildman–Crippen MR) is 131 cm³/mol. The molecule has 2 aromatic carbocycles. The molecule has 4 rings (SSSR count). The highest BCUT2D eigenvalue weighted by Gasteiger charge is 2.23. The molecule has 2 aromatic heterocycles. The van der Waals surface area contributed by atoms with Crippen molar-refractivity contribution in [1.82, 2.24) is 20.0 Å². The van der Waals surface area contributed by atoms with E-state index in [2.05, 4.69) is 31.0 Å². The van der Waals surface area contributed by atoms with Crippen LogP contribution < -0.4 is 0 Å². The van der Waals surface area contributed by atoms with Gasteiger partial charge < -0.3 is 0 Å². The number of unbranched alkanes of at least 4 members (excludes halogenated alkanes) is 1. The summed E-state index contributed by atoms with van der Waals surface area (Å²) in [4.78, 5) is 0. The number of hydrogen-bond acceptors (Lipinski definition) is 4. The Labute approximate surface area is 196 Å². The first-order valence-corrected chi connectivity index (χ1v) is 12.0. The van der Waals surface area contributed by atoms with E-state index in [4.69, 9.17) is 28.3 Å². The van der Waals surface area contributed by atoms with Crippen LogP contribution in [0.15, 0.2) is 48.5 Å². The number of rotatable bonds is 7. The highest BCUT2D eigenvalue weighted by Crippen LogP contribution is 2.37. The third-order valence-electron chi connectivity index (χ3n) is 5.38. The van der Waals surface area contributed by atoms with E-state index in [1.807, 2.05) is 53.2 Å². The molecule has 0 aliphatic rings. The topological polar surface area (TPSA) is 43.6 Å². The average molecular weight is 471 g/mol. The molecule has 0 aliphatic heterocycles. The van der Waals surface area contributed by atoms with Gasteiger partial charge in [-0.1, -0.05) is 85.5 Å². The van der Waals surface area contributed by atoms with E-state index in [9.17, 15) is 0 Å². The zero-order valence-electron chi connectivity index (χ0n) is 17.8. The van der Waals surface area contributed by atoms with Crippen molar-refractivity contribution in [3.63, 3.8) is 0 Å². The summed E-state index contributed by atoms with van der Waals surface area (Å²) in [5.74, 6) is 0.396. The summed E-state index contributed by atoms with van der Waals surface area (Å²) in [6, 6.07) is 15.5. The highest BCUT2D eigenvalue weighted by atomic mass is 35.5. The maximum Gasteiger partial charge on any atom is 0.168 e. The molecule has 0 radical (unpaired) electrons. The van der Waals surface area contributed by atoms with Crippen molar-refractivity contribution < 1.29 is 0 Å². The Morgan fingerprint density at radius 3 is 2.48 bits per heavy atom. The van der Waals surface area contributed by atoms with E-state index in [1.165, 1.54) is 12.8 Å². The van der Waals surface area contributed by atoms with E-state index in [-0.39, 0.29) is 0 Å². The Balaban J connectivity index is 1.84. The molecular formula is C24H24Cl2N4S. The molecule has 1 unspecified atom stereocenters. The highest BCUT2D eigenvalue weighted by molar-refractivity contribution is 7.14. The second-order valence-electron chi connectivity index (χ2n) is 7.68. The molecule has 4 nitrogen and oxygen atoms in total. The van der Waals surface area contributed by atoms with E-state index in [0.717, 1.165) is 44.6 Å². The van der Waals surface area contributed by atoms with Crippen molar-refractivity contribution in [1.29, 1.82) is 0 Å². The van der Waals surface area contributed by atoms with E-state index in [1.54, 1.807) is 11.3 Å². The van der Waals surface area contributed by atoms with Gasteiger partial charge in [0.15, 0.2) is 5.01 Å². The lowest BCUT2D eigenvalue weighted by atomic mass is 10.1. The summed E-state index contributed by atoms with van der Waals surface area (Å²) >= 11 is 14.3. The van der Waals surface area contributed by atoms with Crippen LogP contribution in [0.1, 0.15) is 49.6 Å². The van der Waals surface area contributed by atoms with Gasteiger partial charge in [-0.15, -0.1) is 10.2 Å². The molecule has 0 saturated carbocycles. The first-order chi connectivity index (χ1) is 15.0. The Bertz CT molecular complexity index is 1180. The minimum absolute atomic E-state index is 0.396. The van der Waals surface area contributed by atoms with Crippen molar-refractivity contribution in [3.05, 3.63) is 69.1 Å². The molecule has 0 amide bonds. The van der Waals surface area contributed by atoms with Gasteiger partial charge >= 0.3 is 0 Å². The Morgan fingerprint density at radius 2 is 1.77 bits per heavy atom. The van der Waals surface area contributed by atoms with Crippen molar-refractivity contribution in [3.8, 4) is 27.6 Å². The fourth-order valence-corrected chi connectivity index (χ4v) is 4.92. The smallest absolute Gasteiger partial charge is 0.168 e. The molecule has 4 aromatic rings. The first kappa shape index (κ1) is 22.0. The monoisotopic (exact) mass is 470 g/mol. The average Bonchev–Trinajstić information content (AvgIpc) is 3.38. The van der Waals surface area contributed by atoms with Gasteiger partial charge in [0.05, 0.1) is 16.4 Å². The van der Waals surface area contributed by atoms with Crippen LogP contribution in [-0.4, -0.2) is 20.0 Å². The number of benzene rings is 2. The molecule has 0 bridgehead atoms. The second kappa shape index (κ2) is 9.51. The Morgan fingerprint density at radius 1 is 1.03 bits per heavy atom. The lowest BCUT2D eigenvalue weighted by molar-refractivity contribution is 0.616. The lowest BCUT2D eigenvalue weighted by Crippen LogP contribution is -2.00. The van der Waals surface area contributed by atoms with Crippen LogP contribution in [0.5, 0.6) is 0 Å². The third-order valence-corrected chi connectivity index (χ3v) is 7.11. The fraction of sp³-hybridized carbons (Fsp3) is 0.292.